The SMILES string of the molecule is CCc1cc2c(cc1CC)CC(NC[C@H](O)c1ccc(O)c3[nH]c(=O)ccc13)C2.CS(=O)(=O)O.O. The normalized spacial score (nSPS) is 14.1. The summed E-state index contributed by atoms with van der Waals surface area (Å²) in [4.78, 5) is 14.2. The van der Waals surface area contributed by atoms with Crippen molar-refractivity contribution in [2.75, 3.05) is 12.8 Å². The molecule has 0 radical (unpaired) electrons. The number of aromatic hydroxyl groups is 1. The number of hydrogen-bond acceptors (Lipinski definition) is 6. The van der Waals surface area contributed by atoms with Gasteiger partial charge in [-0.1, -0.05) is 32.0 Å². The molecule has 0 bridgehead atoms. The Morgan fingerprint density at radius 2 is 1.60 bits per heavy atom. The van der Waals surface area contributed by atoms with Gasteiger partial charge in [-0.3, -0.25) is 9.35 Å². The van der Waals surface area contributed by atoms with E-state index in [9.17, 15) is 23.4 Å². The molecule has 2 aromatic carbocycles. The molecule has 192 valence electrons. The maximum Gasteiger partial charge on any atom is 0.261 e. The van der Waals surface area contributed by atoms with Gasteiger partial charge >= 0.3 is 0 Å². The van der Waals surface area contributed by atoms with Gasteiger partial charge in [-0.25, -0.2) is 0 Å². The van der Waals surface area contributed by atoms with Crippen LogP contribution in [0.2, 0.25) is 0 Å². The lowest BCUT2D eigenvalue weighted by Crippen LogP contribution is -2.33. The zero-order chi connectivity index (χ0) is 25.0. The first-order valence-corrected chi connectivity index (χ1v) is 13.2. The molecule has 0 unspecified atom stereocenters. The van der Waals surface area contributed by atoms with Gasteiger partial charge in [0.2, 0.25) is 5.56 Å². The average molecular weight is 507 g/mol. The molecule has 7 N–H and O–H groups in total. The van der Waals surface area contributed by atoms with Gasteiger partial charge in [-0.15, -0.1) is 0 Å². The van der Waals surface area contributed by atoms with Crippen molar-refractivity contribution in [2.45, 2.75) is 51.7 Å². The minimum Gasteiger partial charge on any atom is -0.506 e. The molecule has 1 heterocycles. The van der Waals surface area contributed by atoms with Crippen molar-refractivity contribution in [1.29, 1.82) is 0 Å². The van der Waals surface area contributed by atoms with Gasteiger partial charge < -0.3 is 26.0 Å². The first kappa shape index (κ1) is 28.5. The maximum atomic E-state index is 11.6. The summed E-state index contributed by atoms with van der Waals surface area (Å²) in [5.41, 5.74) is 6.49. The van der Waals surface area contributed by atoms with Crippen molar-refractivity contribution in [2.24, 2.45) is 0 Å². The number of benzene rings is 2. The van der Waals surface area contributed by atoms with Gasteiger partial charge in [0.05, 0.1) is 17.9 Å². The highest BCUT2D eigenvalue weighted by atomic mass is 32.2. The van der Waals surface area contributed by atoms with Crippen molar-refractivity contribution in [3.63, 3.8) is 0 Å². The summed E-state index contributed by atoms with van der Waals surface area (Å²) in [6, 6.07) is 11.3. The second-order valence-corrected chi connectivity index (χ2v) is 10.1. The van der Waals surface area contributed by atoms with E-state index in [2.05, 4.69) is 36.3 Å². The van der Waals surface area contributed by atoms with Crippen molar-refractivity contribution in [3.05, 3.63) is 74.6 Å². The van der Waals surface area contributed by atoms with E-state index >= 15 is 0 Å². The number of fused-ring (bicyclic) bond motifs is 2. The Labute approximate surface area is 204 Å². The quantitative estimate of drug-likeness (QED) is 0.317. The molecule has 1 atom stereocenters. The molecule has 35 heavy (non-hydrogen) atoms. The van der Waals surface area contributed by atoms with E-state index in [1.165, 1.54) is 34.4 Å². The topological polar surface area (TPSA) is 171 Å². The molecule has 1 aliphatic carbocycles. The number of pyridine rings is 1. The molecule has 1 aliphatic rings. The molecule has 0 saturated heterocycles. The Morgan fingerprint density at radius 1 is 1.06 bits per heavy atom. The Kier molecular flexibility index (Phi) is 9.59. The van der Waals surface area contributed by atoms with Crippen LogP contribution >= 0.6 is 0 Å². The summed E-state index contributed by atoms with van der Waals surface area (Å²) in [6.45, 7) is 4.83. The maximum absolute atomic E-state index is 11.6. The Bertz CT molecular complexity index is 1290. The fourth-order valence-electron chi connectivity index (χ4n) is 4.51. The Morgan fingerprint density at radius 3 is 2.11 bits per heavy atom. The smallest absolute Gasteiger partial charge is 0.261 e. The summed E-state index contributed by atoms with van der Waals surface area (Å²) in [5, 5.41) is 25.0. The molecule has 10 heteroatoms. The minimum absolute atomic E-state index is 0. The highest BCUT2D eigenvalue weighted by Gasteiger charge is 2.24. The number of phenols is 1. The third-order valence-electron chi connectivity index (χ3n) is 6.08. The molecule has 4 rings (SSSR count). The predicted molar refractivity (Wildman–Crippen MR) is 137 cm³/mol. The van der Waals surface area contributed by atoms with E-state index < -0.39 is 16.2 Å². The fraction of sp³-hybridized carbons (Fsp3) is 0.400. The van der Waals surface area contributed by atoms with Crippen LogP contribution in [0.25, 0.3) is 10.9 Å². The van der Waals surface area contributed by atoms with Crippen LogP contribution < -0.4 is 10.9 Å². The third kappa shape index (κ3) is 7.36. The summed E-state index contributed by atoms with van der Waals surface area (Å²) in [6.07, 6.45) is 4.05. The van der Waals surface area contributed by atoms with Crippen LogP contribution in [0.5, 0.6) is 5.75 Å². The molecular formula is C25H34N2O7S. The van der Waals surface area contributed by atoms with Gasteiger partial charge in [-0.05, 0) is 65.6 Å². The molecule has 0 aliphatic heterocycles. The number of aromatic amines is 1. The Balaban J connectivity index is 0.000000656. The largest absolute Gasteiger partial charge is 0.506 e. The van der Waals surface area contributed by atoms with Crippen LogP contribution in [0.1, 0.15) is 47.8 Å². The zero-order valence-corrected chi connectivity index (χ0v) is 20.9. The first-order chi connectivity index (χ1) is 16.0. The number of aliphatic hydroxyl groups excluding tert-OH is 1. The molecule has 0 fully saturated rings. The lowest BCUT2D eigenvalue weighted by molar-refractivity contribution is 0.171. The predicted octanol–water partition coefficient (Wildman–Crippen LogP) is 1.83. The number of aliphatic hydroxyl groups is 1. The van der Waals surface area contributed by atoms with Crippen LogP contribution in [0.4, 0.5) is 0 Å². The molecule has 0 saturated carbocycles. The third-order valence-corrected chi connectivity index (χ3v) is 6.08. The van der Waals surface area contributed by atoms with Crippen molar-refractivity contribution >= 4 is 21.0 Å². The molecule has 9 nitrogen and oxygen atoms in total. The summed E-state index contributed by atoms with van der Waals surface area (Å²) in [7, 11) is -3.67. The van der Waals surface area contributed by atoms with Crippen molar-refractivity contribution in [1.82, 2.24) is 10.3 Å². The van der Waals surface area contributed by atoms with E-state index in [4.69, 9.17) is 4.55 Å². The van der Waals surface area contributed by atoms with Crippen LogP contribution in [0.3, 0.4) is 0 Å². The van der Waals surface area contributed by atoms with E-state index in [0.717, 1.165) is 25.7 Å². The van der Waals surface area contributed by atoms with E-state index in [1.807, 2.05) is 0 Å². The summed E-state index contributed by atoms with van der Waals surface area (Å²) < 4.78 is 25.9. The van der Waals surface area contributed by atoms with Gasteiger partial charge in [0.25, 0.3) is 10.1 Å². The number of aryl methyl sites for hydroxylation is 2. The number of nitrogens with one attached hydrogen (secondary N) is 2. The molecule has 0 spiro atoms. The van der Waals surface area contributed by atoms with Crippen molar-refractivity contribution in [3.8, 4) is 5.75 Å². The van der Waals surface area contributed by atoms with Gasteiger partial charge in [0, 0.05) is 24.0 Å². The number of hydrogen-bond donors (Lipinski definition) is 5. The lowest BCUT2D eigenvalue weighted by Gasteiger charge is -2.18. The van der Waals surface area contributed by atoms with E-state index in [0.29, 0.717) is 35.3 Å². The molecule has 0 amide bonds. The van der Waals surface area contributed by atoms with Gasteiger partial charge in [0.15, 0.2) is 0 Å². The first-order valence-electron chi connectivity index (χ1n) is 11.3. The van der Waals surface area contributed by atoms with Crippen LogP contribution in [-0.4, -0.2) is 52.5 Å². The second-order valence-electron chi connectivity index (χ2n) is 8.64. The monoisotopic (exact) mass is 506 g/mol. The lowest BCUT2D eigenvalue weighted by atomic mass is 9.97. The highest BCUT2D eigenvalue weighted by molar-refractivity contribution is 7.85. The van der Waals surface area contributed by atoms with E-state index in [1.54, 1.807) is 12.1 Å². The minimum atomic E-state index is -3.67. The number of H-pyrrole nitrogens is 1. The standard InChI is InChI=1S/C24H28N2O3.CH4O3S.H2O/c1-3-14-9-16-11-18(12-17(16)10-15(14)4-2)25-13-22(28)19-5-7-21(27)24-20(19)6-8-23(29)26-24;1-5(2,3)4;/h5-10,18,22,25,27-28H,3-4,11-13H2,1-2H3,(H,26,29);1H3,(H,2,3,4);1H2/t22-;;/m0../s1. The van der Waals surface area contributed by atoms with E-state index in [-0.39, 0.29) is 16.8 Å². The highest BCUT2D eigenvalue weighted by Crippen LogP contribution is 2.30. The zero-order valence-electron chi connectivity index (χ0n) is 20.1. The van der Waals surface area contributed by atoms with Crippen LogP contribution in [0, 0.1) is 0 Å². The number of rotatable bonds is 6. The van der Waals surface area contributed by atoms with Gasteiger partial charge in [-0.2, -0.15) is 8.42 Å². The molecule has 1 aromatic heterocycles. The Hall–Kier alpha value is -2.76. The summed E-state index contributed by atoms with van der Waals surface area (Å²) in [5.74, 6) is 0.00584. The van der Waals surface area contributed by atoms with Gasteiger partial charge in [0.1, 0.15) is 5.75 Å². The van der Waals surface area contributed by atoms with Crippen LogP contribution in [-0.2, 0) is 35.8 Å². The number of phenolic OH excluding ortho intramolecular Hbond substituents is 1. The fourth-order valence-corrected chi connectivity index (χ4v) is 4.51. The number of aromatic nitrogens is 1. The summed E-state index contributed by atoms with van der Waals surface area (Å²) >= 11 is 0. The van der Waals surface area contributed by atoms with Crippen LogP contribution in [0.15, 0.2) is 41.2 Å². The van der Waals surface area contributed by atoms with Crippen molar-refractivity contribution < 1.29 is 28.7 Å². The molecular weight excluding hydrogens is 472 g/mol. The average Bonchev–Trinajstić information content (AvgIpc) is 3.17. The second kappa shape index (κ2) is 11.8. The molecule has 3 aromatic rings.